The van der Waals surface area contributed by atoms with Crippen molar-refractivity contribution in [2.75, 3.05) is 0 Å². The lowest BCUT2D eigenvalue weighted by molar-refractivity contribution is 0.0356. The summed E-state index contributed by atoms with van der Waals surface area (Å²) in [5.41, 5.74) is 2.70. The standard InChI is InChI=1S/C37H53F2NO/c1-28(2)37(29(3)4,30(5)6)20-15-10-8-7-9-11-16-21-40-22-19-32(26-40)23-33-24-35(39)36(25-34(33)38)41-27-31-17-13-12-14-18-31/h12-14,17-19,22,24-26,28-30H,7-11,15-16,20-21,23,27H2,1-6H3. The van der Waals surface area contributed by atoms with Crippen LogP contribution in [0.5, 0.6) is 5.75 Å². The third-order valence-corrected chi connectivity index (χ3v) is 9.30. The molecule has 4 heteroatoms. The first kappa shape index (κ1) is 32.9. The average Bonchev–Trinajstić information content (AvgIpc) is 3.38. The minimum Gasteiger partial charge on any atom is -0.486 e. The van der Waals surface area contributed by atoms with Gasteiger partial charge in [-0.1, -0.05) is 110 Å². The van der Waals surface area contributed by atoms with Gasteiger partial charge in [-0.05, 0) is 64.8 Å². The second kappa shape index (κ2) is 16.1. The van der Waals surface area contributed by atoms with Crippen LogP contribution in [0.15, 0.2) is 60.9 Å². The first-order valence-electron chi connectivity index (χ1n) is 15.9. The number of hydrogen-bond acceptors (Lipinski definition) is 1. The molecule has 0 aliphatic rings. The predicted octanol–water partition coefficient (Wildman–Crippen LogP) is 11.0. The van der Waals surface area contributed by atoms with E-state index in [1.165, 1.54) is 57.1 Å². The van der Waals surface area contributed by atoms with Crippen molar-refractivity contribution in [3.8, 4) is 5.75 Å². The zero-order valence-electron chi connectivity index (χ0n) is 26.4. The fourth-order valence-electron chi connectivity index (χ4n) is 6.98. The summed E-state index contributed by atoms with van der Waals surface area (Å²) < 4.78 is 37.1. The number of aromatic nitrogens is 1. The van der Waals surface area contributed by atoms with Crippen LogP contribution in [0.2, 0.25) is 0 Å². The van der Waals surface area contributed by atoms with Gasteiger partial charge >= 0.3 is 0 Å². The summed E-state index contributed by atoms with van der Waals surface area (Å²) in [4.78, 5) is 0. The van der Waals surface area contributed by atoms with Crippen LogP contribution >= 0.6 is 0 Å². The number of rotatable bonds is 18. The van der Waals surface area contributed by atoms with Gasteiger partial charge in [0.2, 0.25) is 0 Å². The van der Waals surface area contributed by atoms with Crippen molar-refractivity contribution < 1.29 is 13.5 Å². The van der Waals surface area contributed by atoms with Gasteiger partial charge < -0.3 is 9.30 Å². The Morgan fingerprint density at radius 2 is 1.32 bits per heavy atom. The lowest BCUT2D eigenvalue weighted by Crippen LogP contribution is -2.38. The van der Waals surface area contributed by atoms with Crippen LogP contribution in [0.25, 0.3) is 0 Å². The van der Waals surface area contributed by atoms with Crippen LogP contribution in [-0.2, 0) is 19.6 Å². The summed E-state index contributed by atoms with van der Waals surface area (Å²) in [6.07, 6.45) is 14.8. The molecule has 1 aromatic heterocycles. The van der Waals surface area contributed by atoms with E-state index in [-0.39, 0.29) is 12.4 Å². The highest BCUT2D eigenvalue weighted by Gasteiger charge is 2.39. The topological polar surface area (TPSA) is 14.2 Å². The van der Waals surface area contributed by atoms with E-state index < -0.39 is 11.6 Å². The molecule has 3 aromatic rings. The number of benzene rings is 2. The van der Waals surface area contributed by atoms with E-state index in [9.17, 15) is 8.78 Å². The molecule has 0 unspecified atom stereocenters. The van der Waals surface area contributed by atoms with E-state index in [0.29, 0.717) is 17.4 Å². The maximum Gasteiger partial charge on any atom is 0.165 e. The van der Waals surface area contributed by atoms with E-state index in [0.717, 1.165) is 41.8 Å². The summed E-state index contributed by atoms with van der Waals surface area (Å²) in [6.45, 7) is 15.6. The van der Waals surface area contributed by atoms with Gasteiger partial charge in [-0.2, -0.15) is 0 Å². The fourth-order valence-corrected chi connectivity index (χ4v) is 6.98. The maximum atomic E-state index is 14.8. The molecule has 0 fully saturated rings. The molecule has 0 spiro atoms. The summed E-state index contributed by atoms with van der Waals surface area (Å²) in [7, 11) is 0. The molecule has 0 amide bonds. The lowest BCUT2D eigenvalue weighted by Gasteiger charge is -2.45. The highest BCUT2D eigenvalue weighted by molar-refractivity contribution is 5.34. The number of ether oxygens (including phenoxy) is 1. The summed E-state index contributed by atoms with van der Waals surface area (Å²) in [5.74, 6) is 1.15. The van der Waals surface area contributed by atoms with Crippen LogP contribution in [0, 0.1) is 34.8 Å². The number of hydrogen-bond donors (Lipinski definition) is 0. The SMILES string of the molecule is CC(C)C(CCCCCCCCCn1ccc(Cc2cc(F)c(OCc3ccccc3)cc2F)c1)(C(C)C)C(C)C. The predicted molar refractivity (Wildman–Crippen MR) is 168 cm³/mol. The zero-order chi connectivity index (χ0) is 29.8. The van der Waals surface area contributed by atoms with Crippen LogP contribution < -0.4 is 4.74 Å². The van der Waals surface area contributed by atoms with Crippen molar-refractivity contribution in [3.63, 3.8) is 0 Å². The number of aryl methyl sites for hydroxylation is 1. The van der Waals surface area contributed by atoms with Gasteiger partial charge in [-0.25, -0.2) is 8.78 Å². The average molecular weight is 566 g/mol. The third-order valence-electron chi connectivity index (χ3n) is 9.30. The molecular formula is C37H53F2NO. The summed E-state index contributed by atoms with van der Waals surface area (Å²) in [5, 5.41) is 0. The van der Waals surface area contributed by atoms with Crippen LogP contribution in [0.3, 0.4) is 0 Å². The molecule has 0 N–H and O–H groups in total. The Labute approximate surface area is 248 Å². The number of unbranched alkanes of at least 4 members (excludes halogenated alkanes) is 6. The molecule has 1 heterocycles. The molecule has 2 aromatic carbocycles. The fraction of sp³-hybridized carbons (Fsp3) is 0.568. The van der Waals surface area contributed by atoms with Crippen molar-refractivity contribution in [3.05, 3.63) is 89.2 Å². The van der Waals surface area contributed by atoms with Crippen molar-refractivity contribution >= 4 is 0 Å². The minimum atomic E-state index is -0.532. The summed E-state index contributed by atoms with van der Waals surface area (Å²) >= 11 is 0. The van der Waals surface area contributed by atoms with Gasteiger partial charge in [-0.15, -0.1) is 0 Å². The molecule has 0 aliphatic carbocycles. The van der Waals surface area contributed by atoms with E-state index in [1.54, 1.807) is 0 Å². The second-order valence-corrected chi connectivity index (χ2v) is 12.9. The maximum absolute atomic E-state index is 14.8. The molecule has 0 radical (unpaired) electrons. The molecule has 41 heavy (non-hydrogen) atoms. The molecular weight excluding hydrogens is 512 g/mol. The Morgan fingerprint density at radius 1 is 0.707 bits per heavy atom. The Hall–Kier alpha value is -2.62. The largest absolute Gasteiger partial charge is 0.486 e. The highest BCUT2D eigenvalue weighted by Crippen LogP contribution is 2.47. The molecule has 0 saturated carbocycles. The molecule has 226 valence electrons. The van der Waals surface area contributed by atoms with E-state index in [1.807, 2.05) is 42.6 Å². The van der Waals surface area contributed by atoms with Crippen LogP contribution in [0.4, 0.5) is 8.78 Å². The Bertz CT molecular complexity index is 1140. The van der Waals surface area contributed by atoms with Crippen molar-refractivity contribution in [2.45, 2.75) is 112 Å². The molecule has 0 atom stereocenters. The number of nitrogens with zero attached hydrogens (tertiary/aromatic N) is 1. The Kier molecular flexibility index (Phi) is 12.9. The van der Waals surface area contributed by atoms with Gasteiger partial charge in [0.15, 0.2) is 11.6 Å². The Morgan fingerprint density at radius 3 is 1.95 bits per heavy atom. The zero-order valence-corrected chi connectivity index (χ0v) is 26.4. The molecule has 0 bridgehead atoms. The first-order chi connectivity index (χ1) is 19.6. The smallest absolute Gasteiger partial charge is 0.165 e. The van der Waals surface area contributed by atoms with Crippen LogP contribution in [-0.4, -0.2) is 4.57 Å². The van der Waals surface area contributed by atoms with Crippen molar-refractivity contribution in [2.24, 2.45) is 23.2 Å². The van der Waals surface area contributed by atoms with E-state index in [2.05, 4.69) is 52.3 Å². The minimum absolute atomic E-state index is 0.0533. The monoisotopic (exact) mass is 565 g/mol. The van der Waals surface area contributed by atoms with Gasteiger partial charge in [0.05, 0.1) is 0 Å². The summed E-state index contributed by atoms with van der Waals surface area (Å²) in [6, 6.07) is 13.9. The normalized spacial score (nSPS) is 12.2. The van der Waals surface area contributed by atoms with Gasteiger partial charge in [0.25, 0.3) is 0 Å². The van der Waals surface area contributed by atoms with Crippen LogP contribution in [0.1, 0.15) is 110 Å². The van der Waals surface area contributed by atoms with E-state index >= 15 is 0 Å². The third kappa shape index (κ3) is 9.45. The van der Waals surface area contributed by atoms with Gasteiger partial charge in [-0.3, -0.25) is 0 Å². The van der Waals surface area contributed by atoms with Gasteiger partial charge in [0, 0.05) is 31.4 Å². The molecule has 0 saturated heterocycles. The van der Waals surface area contributed by atoms with Gasteiger partial charge in [0.1, 0.15) is 12.4 Å². The number of halogens is 2. The quantitative estimate of drug-likeness (QED) is 0.140. The molecule has 0 aliphatic heterocycles. The lowest BCUT2D eigenvalue weighted by atomic mass is 9.60. The van der Waals surface area contributed by atoms with Crippen molar-refractivity contribution in [1.82, 2.24) is 4.57 Å². The second-order valence-electron chi connectivity index (χ2n) is 12.9. The highest BCUT2D eigenvalue weighted by atomic mass is 19.1. The van der Waals surface area contributed by atoms with Crippen molar-refractivity contribution in [1.29, 1.82) is 0 Å². The Balaban J connectivity index is 1.35. The molecule has 2 nitrogen and oxygen atoms in total. The first-order valence-corrected chi connectivity index (χ1v) is 15.9. The molecule has 3 rings (SSSR count). The van der Waals surface area contributed by atoms with E-state index in [4.69, 9.17) is 4.74 Å².